The van der Waals surface area contributed by atoms with Crippen LogP contribution in [0.1, 0.15) is 71.7 Å². The van der Waals surface area contributed by atoms with Gasteiger partial charge in [-0.1, -0.05) is 18.2 Å². The van der Waals surface area contributed by atoms with Gasteiger partial charge in [-0.15, -0.1) is 5.10 Å². The van der Waals surface area contributed by atoms with Crippen molar-refractivity contribution in [1.29, 1.82) is 0 Å². The summed E-state index contributed by atoms with van der Waals surface area (Å²) >= 11 is 0. The van der Waals surface area contributed by atoms with E-state index in [0.717, 1.165) is 35.9 Å². The minimum Gasteiger partial charge on any atom is -0.450 e. The number of hydrogen-bond acceptors (Lipinski definition) is 6. The third-order valence-electron chi connectivity index (χ3n) is 6.31. The van der Waals surface area contributed by atoms with Gasteiger partial charge in [0, 0.05) is 43.2 Å². The first kappa shape index (κ1) is 21.9. The van der Waals surface area contributed by atoms with E-state index in [1.165, 1.54) is 0 Å². The van der Waals surface area contributed by atoms with Crippen LogP contribution in [0, 0.1) is 0 Å². The topological polar surface area (TPSA) is 101 Å². The first-order valence-corrected chi connectivity index (χ1v) is 11.6. The highest BCUT2D eigenvalue weighted by atomic mass is 16.5. The fraction of sp³-hybridized carbons (Fsp3) is 0.360. The number of amides is 2. The van der Waals surface area contributed by atoms with Gasteiger partial charge in [-0.05, 0) is 50.5 Å². The molecule has 3 aromatic rings. The van der Waals surface area contributed by atoms with Crippen molar-refractivity contribution in [3.63, 3.8) is 0 Å². The molecule has 9 heteroatoms. The lowest BCUT2D eigenvalue weighted by molar-refractivity contribution is 0.0780. The summed E-state index contributed by atoms with van der Waals surface area (Å²) in [6.07, 6.45) is 2.27. The van der Waals surface area contributed by atoms with Gasteiger partial charge in [0.25, 0.3) is 11.8 Å². The summed E-state index contributed by atoms with van der Waals surface area (Å²) < 4.78 is 8.10. The molecule has 5 rings (SSSR count). The molecule has 2 atom stereocenters. The van der Waals surface area contributed by atoms with Gasteiger partial charge in [0.15, 0.2) is 0 Å². The molecule has 3 heterocycles. The van der Waals surface area contributed by atoms with Crippen molar-refractivity contribution in [2.24, 2.45) is 5.10 Å². The molecular formula is C25H28N6O3. The second-order valence-corrected chi connectivity index (χ2v) is 8.82. The number of anilines is 1. The third kappa shape index (κ3) is 3.98. The SMILES string of the molecule is CC1=NN(C)C(c2cccc3nc4n(c23)C(C)CCCCNC(=O)c2cccc(c2)C(=O)N4)O1. The average molecular weight is 461 g/mol. The Labute approximate surface area is 197 Å². The first-order chi connectivity index (χ1) is 16.4. The molecule has 2 N–H and O–H groups in total. The van der Waals surface area contributed by atoms with E-state index in [-0.39, 0.29) is 24.1 Å². The number of aromatic nitrogens is 2. The molecule has 34 heavy (non-hydrogen) atoms. The van der Waals surface area contributed by atoms with Crippen molar-refractivity contribution in [1.82, 2.24) is 19.9 Å². The fourth-order valence-electron chi connectivity index (χ4n) is 4.67. The summed E-state index contributed by atoms with van der Waals surface area (Å²) in [6.45, 7) is 4.54. The molecule has 0 radical (unpaired) electrons. The van der Waals surface area contributed by atoms with Crippen LogP contribution in [0.25, 0.3) is 11.0 Å². The highest BCUT2D eigenvalue weighted by Gasteiger charge is 2.30. The number of ether oxygens (including phenoxy) is 1. The lowest BCUT2D eigenvalue weighted by Crippen LogP contribution is -2.25. The quantitative estimate of drug-likeness (QED) is 0.570. The molecule has 0 spiro atoms. The van der Waals surface area contributed by atoms with E-state index in [4.69, 9.17) is 9.72 Å². The molecule has 2 bridgehead atoms. The number of nitrogens with one attached hydrogen (secondary N) is 2. The molecule has 2 aliphatic rings. The van der Waals surface area contributed by atoms with Gasteiger partial charge in [0.05, 0.1) is 11.0 Å². The molecule has 1 aromatic heterocycles. The van der Waals surface area contributed by atoms with Crippen LogP contribution in [0.2, 0.25) is 0 Å². The molecule has 0 fully saturated rings. The van der Waals surface area contributed by atoms with Crippen LogP contribution in [0.3, 0.4) is 0 Å². The van der Waals surface area contributed by atoms with Gasteiger partial charge < -0.3 is 14.6 Å². The fourth-order valence-corrected chi connectivity index (χ4v) is 4.67. The largest absolute Gasteiger partial charge is 0.450 e. The number of nitrogens with zero attached hydrogens (tertiary/aromatic N) is 4. The molecule has 2 amide bonds. The highest BCUT2D eigenvalue weighted by Crippen LogP contribution is 2.36. The number of para-hydroxylation sites is 1. The van der Waals surface area contributed by atoms with Crippen LogP contribution in [0.15, 0.2) is 47.6 Å². The monoisotopic (exact) mass is 460 g/mol. The third-order valence-corrected chi connectivity index (χ3v) is 6.31. The van der Waals surface area contributed by atoms with E-state index >= 15 is 0 Å². The second-order valence-electron chi connectivity index (χ2n) is 8.82. The Morgan fingerprint density at radius 1 is 1.06 bits per heavy atom. The zero-order valence-electron chi connectivity index (χ0n) is 19.5. The van der Waals surface area contributed by atoms with Crippen molar-refractivity contribution >= 4 is 34.7 Å². The Balaban J connectivity index is 1.62. The number of fused-ring (bicyclic) bond motifs is 5. The maximum absolute atomic E-state index is 13.2. The average Bonchev–Trinajstić information content (AvgIpc) is 3.36. The molecule has 2 aromatic carbocycles. The van der Waals surface area contributed by atoms with Crippen LogP contribution in [0.5, 0.6) is 0 Å². The molecule has 9 nitrogen and oxygen atoms in total. The van der Waals surface area contributed by atoms with Crippen LogP contribution < -0.4 is 10.6 Å². The summed E-state index contributed by atoms with van der Waals surface area (Å²) in [5.74, 6) is 0.596. The zero-order chi connectivity index (χ0) is 23.8. The normalized spacial score (nSPS) is 21.3. The van der Waals surface area contributed by atoms with Gasteiger partial charge in [0.2, 0.25) is 18.1 Å². The molecular weight excluding hydrogens is 432 g/mol. The van der Waals surface area contributed by atoms with E-state index in [2.05, 4.69) is 27.2 Å². The van der Waals surface area contributed by atoms with Gasteiger partial charge >= 0.3 is 0 Å². The summed E-state index contributed by atoms with van der Waals surface area (Å²) in [5.41, 5.74) is 3.50. The predicted octanol–water partition coefficient (Wildman–Crippen LogP) is 4.06. The van der Waals surface area contributed by atoms with E-state index < -0.39 is 0 Å². The number of hydrazone groups is 1. The lowest BCUT2D eigenvalue weighted by atomic mass is 10.1. The summed E-state index contributed by atoms with van der Waals surface area (Å²) in [5, 5.41) is 12.1. The van der Waals surface area contributed by atoms with E-state index in [0.29, 0.717) is 29.5 Å². The Bertz CT molecular complexity index is 1300. The standard InChI is InChI=1S/C25H28N6O3/c1-15-8-4-5-13-26-22(32)17-9-6-10-18(14-17)23(33)28-25-27-20-12-7-11-19(21(20)31(15)25)24-30(3)29-16(2)34-24/h6-7,9-12,14-15,24H,4-5,8,13H2,1-3H3,(H,26,32)(H,27,28,33). The first-order valence-electron chi connectivity index (χ1n) is 11.6. The number of imidazole rings is 1. The molecule has 2 aliphatic heterocycles. The van der Waals surface area contributed by atoms with E-state index in [1.807, 2.05) is 32.2 Å². The van der Waals surface area contributed by atoms with Crippen molar-refractivity contribution in [2.75, 3.05) is 18.9 Å². The maximum atomic E-state index is 13.2. The van der Waals surface area contributed by atoms with Crippen molar-refractivity contribution in [2.45, 2.75) is 45.4 Å². The van der Waals surface area contributed by atoms with Crippen LogP contribution in [0.4, 0.5) is 5.95 Å². The van der Waals surface area contributed by atoms with Gasteiger partial charge in [-0.3, -0.25) is 19.9 Å². The van der Waals surface area contributed by atoms with E-state index in [1.54, 1.807) is 29.3 Å². The molecule has 0 saturated heterocycles. The summed E-state index contributed by atoms with van der Waals surface area (Å²) in [4.78, 5) is 30.4. The van der Waals surface area contributed by atoms with Crippen LogP contribution >= 0.6 is 0 Å². The smallest absolute Gasteiger partial charge is 0.257 e. The minimum atomic E-state index is -0.368. The van der Waals surface area contributed by atoms with Crippen LogP contribution in [-0.2, 0) is 4.74 Å². The van der Waals surface area contributed by atoms with Crippen molar-refractivity contribution in [3.05, 3.63) is 59.2 Å². The molecule has 0 saturated carbocycles. The molecule has 176 valence electrons. The Morgan fingerprint density at radius 2 is 1.82 bits per heavy atom. The van der Waals surface area contributed by atoms with E-state index in [9.17, 15) is 9.59 Å². The van der Waals surface area contributed by atoms with Gasteiger partial charge in [-0.2, -0.15) is 0 Å². The van der Waals surface area contributed by atoms with Crippen LogP contribution in [-0.4, -0.2) is 45.9 Å². The van der Waals surface area contributed by atoms with Crippen molar-refractivity contribution < 1.29 is 14.3 Å². The molecule has 0 aliphatic carbocycles. The number of carbonyl (C=O) groups is 2. The Hall–Kier alpha value is -3.88. The predicted molar refractivity (Wildman–Crippen MR) is 130 cm³/mol. The Kier molecular flexibility index (Phi) is 5.69. The van der Waals surface area contributed by atoms with Crippen molar-refractivity contribution in [3.8, 4) is 0 Å². The highest BCUT2D eigenvalue weighted by molar-refractivity contribution is 6.06. The summed E-state index contributed by atoms with van der Waals surface area (Å²) in [6, 6.07) is 12.7. The Morgan fingerprint density at radius 3 is 2.59 bits per heavy atom. The van der Waals surface area contributed by atoms with Gasteiger partial charge in [0.1, 0.15) is 0 Å². The number of carbonyl (C=O) groups excluding carboxylic acids is 2. The lowest BCUT2D eigenvalue weighted by Gasteiger charge is -2.23. The minimum absolute atomic E-state index is 0.0557. The number of hydrogen-bond donors (Lipinski definition) is 2. The number of rotatable bonds is 1. The maximum Gasteiger partial charge on any atom is 0.257 e. The molecule has 2 unspecified atom stereocenters. The second kappa shape index (κ2) is 8.81. The van der Waals surface area contributed by atoms with Gasteiger partial charge in [-0.25, -0.2) is 4.98 Å². The summed E-state index contributed by atoms with van der Waals surface area (Å²) in [7, 11) is 1.88. The number of benzene rings is 2. The zero-order valence-corrected chi connectivity index (χ0v) is 19.5.